The van der Waals surface area contributed by atoms with Crippen LogP contribution in [0.5, 0.6) is 0 Å². The van der Waals surface area contributed by atoms with Gasteiger partial charge in [0.15, 0.2) is 0 Å². The number of nitrogens with zero attached hydrogens (tertiary/aromatic N) is 1. The summed E-state index contributed by atoms with van der Waals surface area (Å²) in [4.78, 5) is 12.6. The summed E-state index contributed by atoms with van der Waals surface area (Å²) < 4.78 is 0. The lowest BCUT2D eigenvalue weighted by Gasteiger charge is -1.70. The van der Waals surface area contributed by atoms with Crippen molar-refractivity contribution in [2.24, 2.45) is 0 Å². The molecule has 0 amide bonds. The van der Waals surface area contributed by atoms with E-state index >= 15 is 0 Å². The van der Waals surface area contributed by atoms with Gasteiger partial charge in [-0.25, -0.2) is 0 Å². The van der Waals surface area contributed by atoms with Gasteiger partial charge in [-0.05, 0) is 19.1 Å². The molecule has 0 unspecified atom stereocenters. The van der Waals surface area contributed by atoms with Crippen molar-refractivity contribution in [1.29, 1.82) is 0 Å². The van der Waals surface area contributed by atoms with Gasteiger partial charge in [-0.1, -0.05) is 6.07 Å². The van der Waals surface area contributed by atoms with Crippen LogP contribution in [0, 0.1) is 0 Å². The van der Waals surface area contributed by atoms with Crippen molar-refractivity contribution in [1.82, 2.24) is 4.98 Å². The summed E-state index contributed by atoms with van der Waals surface area (Å²) in [5.41, 5.74) is 0. The summed E-state index contributed by atoms with van der Waals surface area (Å²) in [5, 5.41) is 0. The van der Waals surface area contributed by atoms with Gasteiger partial charge in [0.25, 0.3) is 0 Å². The van der Waals surface area contributed by atoms with Crippen LogP contribution in [0.1, 0.15) is 6.92 Å². The van der Waals surface area contributed by atoms with Crippen LogP contribution >= 0.6 is 34.0 Å². The summed E-state index contributed by atoms with van der Waals surface area (Å²) in [6.45, 7) is 1.44. The van der Waals surface area contributed by atoms with E-state index in [4.69, 9.17) is 4.79 Å². The van der Waals surface area contributed by atoms with Gasteiger partial charge in [0, 0.05) is 12.4 Å². The highest BCUT2D eigenvalue weighted by molar-refractivity contribution is 8.93. The molecule has 0 aromatic carbocycles. The zero-order chi connectivity index (χ0) is 6.95. The van der Waals surface area contributed by atoms with Crippen molar-refractivity contribution in [3.8, 4) is 0 Å². The summed E-state index contributed by atoms with van der Waals surface area (Å²) in [6, 6.07) is 5.72. The molecule has 2 nitrogen and oxygen atoms in total. The maximum absolute atomic E-state index is 8.81. The smallest absolute Gasteiger partial charge is 0.116 e. The first-order chi connectivity index (χ1) is 4.41. The summed E-state index contributed by atoms with van der Waals surface area (Å²) in [6.07, 6.45) is 4.25. The van der Waals surface area contributed by atoms with Crippen LogP contribution in [0.25, 0.3) is 0 Å². The van der Waals surface area contributed by atoms with Crippen LogP contribution in [0.15, 0.2) is 30.6 Å². The topological polar surface area (TPSA) is 30.0 Å². The average molecular weight is 285 g/mol. The molecule has 11 heavy (non-hydrogen) atoms. The highest BCUT2D eigenvalue weighted by Crippen LogP contribution is 1.73. The minimum absolute atomic E-state index is 0. The fraction of sp³-hybridized carbons (Fsp3) is 0.143. The number of carbonyl (C=O) groups excluding carboxylic acids is 1. The zero-order valence-corrected chi connectivity index (χ0v) is 9.56. The monoisotopic (exact) mass is 283 g/mol. The zero-order valence-electron chi connectivity index (χ0n) is 6.14. The first-order valence-electron chi connectivity index (χ1n) is 2.66. The molecule has 0 spiro atoms. The molecule has 1 rings (SSSR count). The Morgan fingerprint density at radius 3 is 1.55 bits per heavy atom. The maximum atomic E-state index is 8.81. The fourth-order valence-electron chi connectivity index (χ4n) is 0.313. The van der Waals surface area contributed by atoms with Crippen molar-refractivity contribution >= 4 is 40.2 Å². The van der Waals surface area contributed by atoms with Gasteiger partial charge >= 0.3 is 0 Å². The Morgan fingerprint density at radius 2 is 1.45 bits per heavy atom. The number of aromatic nitrogens is 1. The van der Waals surface area contributed by atoms with Gasteiger partial charge in [0.05, 0.1) is 0 Å². The van der Waals surface area contributed by atoms with Gasteiger partial charge in [-0.15, -0.1) is 34.0 Å². The molecule has 0 radical (unpaired) electrons. The fourth-order valence-corrected chi connectivity index (χ4v) is 0.313. The van der Waals surface area contributed by atoms with E-state index < -0.39 is 0 Å². The standard InChI is InChI=1S/C5H5N.C2H4O.2BrH/c1-2-4-6-5-3-1;1-2-3;;/h1-5H;2H,1H3;2*1H. The maximum Gasteiger partial charge on any atom is 0.116 e. The van der Waals surface area contributed by atoms with Crippen LogP contribution in [0.2, 0.25) is 0 Å². The summed E-state index contributed by atoms with van der Waals surface area (Å²) in [7, 11) is 0. The summed E-state index contributed by atoms with van der Waals surface area (Å²) in [5.74, 6) is 0. The minimum atomic E-state index is 0. The van der Waals surface area contributed by atoms with E-state index in [0.717, 1.165) is 6.29 Å². The molecular weight excluding hydrogens is 274 g/mol. The third-order valence-corrected chi connectivity index (χ3v) is 0.566. The lowest BCUT2D eigenvalue weighted by Crippen LogP contribution is -1.58. The van der Waals surface area contributed by atoms with E-state index in [1.54, 1.807) is 12.4 Å². The first kappa shape index (κ1) is 17.0. The lowest BCUT2D eigenvalue weighted by atomic mass is 10.5. The number of aldehydes is 1. The Bertz CT molecular complexity index is 120. The number of hydrogen-bond acceptors (Lipinski definition) is 2. The largest absolute Gasteiger partial charge is 0.304 e. The molecule has 1 aromatic heterocycles. The van der Waals surface area contributed by atoms with Crippen molar-refractivity contribution < 1.29 is 4.79 Å². The molecule has 4 heteroatoms. The Morgan fingerprint density at radius 1 is 1.09 bits per heavy atom. The molecule has 0 aliphatic rings. The van der Waals surface area contributed by atoms with E-state index in [2.05, 4.69) is 4.98 Å². The molecule has 64 valence electrons. The van der Waals surface area contributed by atoms with Crippen molar-refractivity contribution in [2.75, 3.05) is 0 Å². The third kappa shape index (κ3) is 17.7. The van der Waals surface area contributed by atoms with Crippen LogP contribution in [0.3, 0.4) is 0 Å². The third-order valence-electron chi connectivity index (χ3n) is 0.566. The Labute approximate surface area is 87.6 Å². The molecule has 0 saturated heterocycles. The number of pyridine rings is 1. The number of halogens is 2. The van der Waals surface area contributed by atoms with E-state index in [0.29, 0.717) is 0 Å². The van der Waals surface area contributed by atoms with Crippen LogP contribution in [0.4, 0.5) is 0 Å². The molecule has 1 heterocycles. The Hall–Kier alpha value is -0.220. The predicted octanol–water partition coefficient (Wildman–Crippen LogP) is 2.44. The van der Waals surface area contributed by atoms with Crippen LogP contribution in [-0.4, -0.2) is 11.3 Å². The normalized spacial score (nSPS) is 5.55. The molecule has 0 atom stereocenters. The second-order valence-corrected chi connectivity index (χ2v) is 1.26. The highest BCUT2D eigenvalue weighted by Gasteiger charge is 1.58. The van der Waals surface area contributed by atoms with Crippen LogP contribution < -0.4 is 0 Å². The van der Waals surface area contributed by atoms with Crippen LogP contribution in [-0.2, 0) is 4.79 Å². The SMILES string of the molecule is Br.Br.CC=O.c1ccncc1. The number of hydrogen-bond donors (Lipinski definition) is 0. The quantitative estimate of drug-likeness (QED) is 0.685. The minimum Gasteiger partial charge on any atom is -0.304 e. The molecule has 0 N–H and O–H groups in total. The number of rotatable bonds is 0. The molecule has 0 saturated carbocycles. The second kappa shape index (κ2) is 16.4. The first-order valence-corrected chi connectivity index (χ1v) is 2.66. The van der Waals surface area contributed by atoms with E-state index in [9.17, 15) is 0 Å². The molecule has 0 fully saturated rings. The molecular formula is C7H11Br2NO. The average Bonchev–Trinajstić information content (AvgIpc) is 1.93. The van der Waals surface area contributed by atoms with Gasteiger partial charge in [-0.2, -0.15) is 0 Å². The second-order valence-electron chi connectivity index (χ2n) is 1.26. The van der Waals surface area contributed by atoms with E-state index in [1.807, 2.05) is 18.2 Å². The Balaban J connectivity index is -0.000000116. The van der Waals surface area contributed by atoms with Crippen molar-refractivity contribution in [2.45, 2.75) is 6.92 Å². The highest BCUT2D eigenvalue weighted by atomic mass is 79.9. The van der Waals surface area contributed by atoms with Gasteiger partial charge < -0.3 is 4.79 Å². The molecule has 1 aromatic rings. The van der Waals surface area contributed by atoms with E-state index in [1.165, 1.54) is 6.92 Å². The lowest BCUT2D eigenvalue weighted by molar-refractivity contribution is -0.106. The van der Waals surface area contributed by atoms with Crippen molar-refractivity contribution in [3.05, 3.63) is 30.6 Å². The van der Waals surface area contributed by atoms with Gasteiger partial charge in [0.1, 0.15) is 6.29 Å². The summed E-state index contributed by atoms with van der Waals surface area (Å²) >= 11 is 0. The van der Waals surface area contributed by atoms with Gasteiger partial charge in [0.2, 0.25) is 0 Å². The van der Waals surface area contributed by atoms with Gasteiger partial charge in [-0.3, -0.25) is 4.98 Å². The van der Waals surface area contributed by atoms with E-state index in [-0.39, 0.29) is 34.0 Å². The Kier molecular flexibility index (Phi) is 25.4. The number of carbonyl (C=O) groups is 1. The molecule has 0 bridgehead atoms. The molecule has 0 aliphatic heterocycles. The predicted molar refractivity (Wildman–Crippen MR) is 56.6 cm³/mol. The molecule has 0 aliphatic carbocycles. The van der Waals surface area contributed by atoms with Crippen molar-refractivity contribution in [3.63, 3.8) is 0 Å².